The fraction of sp³-hybridized carbons (Fsp3) is 0.375. The molecular weight excluding hydrogens is 462 g/mol. The minimum absolute atomic E-state index is 0.310. The Balaban J connectivity index is 2.34. The summed E-state index contributed by atoms with van der Waals surface area (Å²) in [6.07, 6.45) is -0.404. The molecule has 0 aromatic heterocycles. The molecule has 0 atom stereocenters. The Morgan fingerprint density at radius 1 is 0.784 bits per heavy atom. The molecule has 0 fully saturated rings. The Morgan fingerprint density at radius 3 is 1.95 bits per heavy atom. The number of ether oxygens (including phenoxy) is 2. The maximum absolute atomic E-state index is 13.3. The van der Waals surface area contributed by atoms with Crippen LogP contribution in [0.4, 0.5) is 4.79 Å². The van der Waals surface area contributed by atoms with Gasteiger partial charge in [-0.1, -0.05) is 51.1 Å². The van der Waals surface area contributed by atoms with Crippen molar-refractivity contribution in [2.75, 3.05) is 13.1 Å². The average Bonchev–Trinajstić information content (AvgIpc) is 2.85. The molecule has 5 nitrogen and oxygen atoms in total. The monoisotopic (exact) mass is 501 g/mol. The topological polar surface area (TPSA) is 55.8 Å². The van der Waals surface area contributed by atoms with Gasteiger partial charge in [0.15, 0.2) is 0 Å². The van der Waals surface area contributed by atoms with Gasteiger partial charge >= 0.3 is 12.1 Å². The maximum atomic E-state index is 13.3. The summed E-state index contributed by atoms with van der Waals surface area (Å²) < 4.78 is 12.2. The number of amides is 1. The minimum Gasteiger partial charge on any atom is -0.422 e. The van der Waals surface area contributed by atoms with E-state index in [-0.39, 0.29) is 5.41 Å². The SMILES string of the molecule is CCN(CC)C(=O)Oc1ccc(C)c(C)c1-c1c(C)c(C)cc(C(C)(C)C)c1OC(=O)c1ccccc1. The summed E-state index contributed by atoms with van der Waals surface area (Å²) in [7, 11) is 0. The van der Waals surface area contributed by atoms with Gasteiger partial charge in [-0.05, 0) is 87.4 Å². The van der Waals surface area contributed by atoms with E-state index in [0.717, 1.165) is 38.9 Å². The Bertz CT molecular complexity index is 1300. The number of carbonyl (C=O) groups is 2. The molecule has 1 amide bonds. The number of hydrogen-bond donors (Lipinski definition) is 0. The van der Waals surface area contributed by atoms with Crippen LogP contribution in [-0.2, 0) is 5.41 Å². The van der Waals surface area contributed by atoms with Crippen LogP contribution in [0.15, 0.2) is 48.5 Å². The molecule has 0 aliphatic carbocycles. The molecule has 0 aliphatic heterocycles. The molecule has 5 heteroatoms. The van der Waals surface area contributed by atoms with Crippen LogP contribution in [0, 0.1) is 27.7 Å². The zero-order valence-corrected chi connectivity index (χ0v) is 23.6. The van der Waals surface area contributed by atoms with Gasteiger partial charge in [-0.25, -0.2) is 9.59 Å². The van der Waals surface area contributed by atoms with Crippen molar-refractivity contribution in [3.05, 3.63) is 81.9 Å². The van der Waals surface area contributed by atoms with E-state index in [4.69, 9.17) is 9.47 Å². The molecule has 0 bridgehead atoms. The van der Waals surface area contributed by atoms with Gasteiger partial charge in [0.2, 0.25) is 0 Å². The number of carbonyl (C=O) groups excluding carboxylic acids is 2. The second-order valence-electron chi connectivity index (χ2n) is 10.5. The van der Waals surface area contributed by atoms with Crippen LogP contribution >= 0.6 is 0 Å². The molecule has 3 aromatic carbocycles. The predicted octanol–water partition coefficient (Wildman–Crippen LogP) is 7.94. The van der Waals surface area contributed by atoms with Gasteiger partial charge in [0.05, 0.1) is 5.56 Å². The Kier molecular flexibility index (Phi) is 8.47. The lowest BCUT2D eigenvalue weighted by atomic mass is 9.80. The van der Waals surface area contributed by atoms with E-state index in [1.807, 2.05) is 65.0 Å². The van der Waals surface area contributed by atoms with Crippen molar-refractivity contribution in [1.82, 2.24) is 4.90 Å². The molecule has 3 aromatic rings. The van der Waals surface area contributed by atoms with E-state index in [1.54, 1.807) is 17.0 Å². The molecular formula is C32H39NO4. The third-order valence-corrected chi connectivity index (χ3v) is 6.98. The molecule has 0 saturated carbocycles. The van der Waals surface area contributed by atoms with Crippen molar-refractivity contribution in [2.45, 2.75) is 67.7 Å². The maximum Gasteiger partial charge on any atom is 0.415 e. The third kappa shape index (κ3) is 5.87. The highest BCUT2D eigenvalue weighted by Crippen LogP contribution is 2.47. The summed E-state index contributed by atoms with van der Waals surface area (Å²) in [6.45, 7) is 19.4. The van der Waals surface area contributed by atoms with Crippen molar-refractivity contribution < 1.29 is 19.1 Å². The summed E-state index contributed by atoms with van der Waals surface area (Å²) >= 11 is 0. The second-order valence-corrected chi connectivity index (χ2v) is 10.5. The number of benzene rings is 3. The molecule has 0 heterocycles. The Morgan fingerprint density at radius 2 is 1.38 bits per heavy atom. The van der Waals surface area contributed by atoms with Crippen LogP contribution in [0.5, 0.6) is 11.5 Å². The van der Waals surface area contributed by atoms with Crippen LogP contribution in [-0.4, -0.2) is 30.1 Å². The fourth-order valence-electron chi connectivity index (χ4n) is 4.41. The van der Waals surface area contributed by atoms with E-state index in [1.165, 1.54) is 0 Å². The van der Waals surface area contributed by atoms with E-state index >= 15 is 0 Å². The lowest BCUT2D eigenvalue weighted by molar-refractivity contribution is 0.0732. The third-order valence-electron chi connectivity index (χ3n) is 6.98. The van der Waals surface area contributed by atoms with Crippen molar-refractivity contribution in [1.29, 1.82) is 0 Å². The van der Waals surface area contributed by atoms with Crippen molar-refractivity contribution >= 4 is 12.1 Å². The first kappa shape index (κ1) is 28.0. The lowest BCUT2D eigenvalue weighted by Gasteiger charge is -2.28. The van der Waals surface area contributed by atoms with E-state index < -0.39 is 12.1 Å². The van der Waals surface area contributed by atoms with Crippen LogP contribution in [0.3, 0.4) is 0 Å². The number of hydrogen-bond acceptors (Lipinski definition) is 4. The van der Waals surface area contributed by atoms with Crippen LogP contribution < -0.4 is 9.47 Å². The first-order chi connectivity index (χ1) is 17.4. The van der Waals surface area contributed by atoms with Crippen LogP contribution in [0.2, 0.25) is 0 Å². The van der Waals surface area contributed by atoms with Gasteiger partial charge in [-0.2, -0.15) is 0 Å². The molecule has 0 aliphatic rings. The summed E-state index contributed by atoms with van der Waals surface area (Å²) in [5, 5.41) is 0. The van der Waals surface area contributed by atoms with Crippen LogP contribution in [0.25, 0.3) is 11.1 Å². The smallest absolute Gasteiger partial charge is 0.415 e. The van der Waals surface area contributed by atoms with Gasteiger partial charge in [0, 0.05) is 29.8 Å². The molecule has 0 unspecified atom stereocenters. The zero-order valence-electron chi connectivity index (χ0n) is 23.6. The Hall–Kier alpha value is -3.60. The number of esters is 1. The fourth-order valence-corrected chi connectivity index (χ4v) is 4.41. The highest BCUT2D eigenvalue weighted by Gasteiger charge is 2.30. The molecule has 0 N–H and O–H groups in total. The standard InChI is InChI=1S/C32H39NO4/c1-10-33(11-2)31(35)36-26-18-17-20(3)22(5)27(26)28-23(6)21(4)19-25(32(7,8)9)29(28)37-30(34)24-15-13-12-14-16-24/h12-19H,10-11H2,1-9H3. The molecule has 196 valence electrons. The summed E-state index contributed by atoms with van der Waals surface area (Å²) in [5.74, 6) is 0.520. The van der Waals surface area contributed by atoms with Gasteiger partial charge in [-0.15, -0.1) is 0 Å². The largest absolute Gasteiger partial charge is 0.422 e. The van der Waals surface area contributed by atoms with Gasteiger partial charge in [-0.3, -0.25) is 0 Å². The minimum atomic E-state index is -0.428. The van der Waals surface area contributed by atoms with Crippen LogP contribution in [0.1, 0.15) is 72.8 Å². The van der Waals surface area contributed by atoms with Gasteiger partial charge < -0.3 is 14.4 Å². The van der Waals surface area contributed by atoms with E-state index in [2.05, 4.69) is 33.8 Å². The second kappa shape index (κ2) is 11.2. The number of aryl methyl sites for hydroxylation is 2. The Labute approximate surface area is 221 Å². The summed E-state index contributed by atoms with van der Waals surface area (Å²) in [4.78, 5) is 28.0. The highest BCUT2D eigenvalue weighted by molar-refractivity contribution is 5.94. The highest BCUT2D eigenvalue weighted by atomic mass is 16.6. The first-order valence-electron chi connectivity index (χ1n) is 12.9. The molecule has 0 radical (unpaired) electrons. The molecule has 37 heavy (non-hydrogen) atoms. The normalized spacial score (nSPS) is 11.3. The zero-order chi connectivity index (χ0) is 27.5. The first-order valence-corrected chi connectivity index (χ1v) is 12.9. The van der Waals surface area contributed by atoms with E-state index in [0.29, 0.717) is 30.2 Å². The van der Waals surface area contributed by atoms with Gasteiger partial charge in [0.1, 0.15) is 11.5 Å². The van der Waals surface area contributed by atoms with E-state index in [9.17, 15) is 9.59 Å². The number of rotatable bonds is 6. The number of nitrogens with zero attached hydrogens (tertiary/aromatic N) is 1. The molecule has 0 saturated heterocycles. The lowest BCUT2D eigenvalue weighted by Crippen LogP contribution is -2.33. The molecule has 0 spiro atoms. The summed E-state index contributed by atoms with van der Waals surface area (Å²) in [6, 6.07) is 14.9. The van der Waals surface area contributed by atoms with Crippen molar-refractivity contribution in [3.63, 3.8) is 0 Å². The van der Waals surface area contributed by atoms with Gasteiger partial charge in [0.25, 0.3) is 0 Å². The summed E-state index contributed by atoms with van der Waals surface area (Å²) in [5.41, 5.74) is 6.68. The van der Waals surface area contributed by atoms with Crippen molar-refractivity contribution in [2.24, 2.45) is 0 Å². The van der Waals surface area contributed by atoms with Crippen molar-refractivity contribution in [3.8, 4) is 22.6 Å². The average molecular weight is 502 g/mol. The quantitative estimate of drug-likeness (QED) is 0.254. The molecule has 3 rings (SSSR count). The predicted molar refractivity (Wildman–Crippen MR) is 150 cm³/mol.